The van der Waals surface area contributed by atoms with E-state index in [4.69, 9.17) is 0 Å². The molecule has 0 aromatic carbocycles. The van der Waals surface area contributed by atoms with Crippen molar-refractivity contribution in [2.45, 2.75) is 39.7 Å². The van der Waals surface area contributed by atoms with Crippen molar-refractivity contribution >= 4 is 0 Å². The highest BCUT2D eigenvalue weighted by Gasteiger charge is 2.36. The minimum atomic E-state index is 0.453. The molecule has 1 saturated heterocycles. The second-order valence-corrected chi connectivity index (χ2v) is 3.92. The summed E-state index contributed by atoms with van der Waals surface area (Å²) in [4.78, 5) is 2.57. The van der Waals surface area contributed by atoms with E-state index < -0.39 is 0 Å². The zero-order chi connectivity index (χ0) is 7.78. The summed E-state index contributed by atoms with van der Waals surface area (Å²) in [6.07, 6.45) is 1.38. The van der Waals surface area contributed by atoms with Gasteiger partial charge in [-0.1, -0.05) is 13.8 Å². The first-order valence-electron chi connectivity index (χ1n) is 4.34. The highest BCUT2D eigenvalue weighted by Crippen LogP contribution is 2.33. The Bertz CT molecular complexity index is 118. The Morgan fingerprint density at radius 3 is 2.30 bits per heavy atom. The molecule has 0 spiro atoms. The Labute approximate surface area is 64.4 Å². The van der Waals surface area contributed by atoms with Gasteiger partial charge in [0.1, 0.15) is 0 Å². The molecule has 60 valence electrons. The van der Waals surface area contributed by atoms with Crippen LogP contribution in [0.3, 0.4) is 0 Å². The van der Waals surface area contributed by atoms with E-state index in [0.29, 0.717) is 5.54 Å². The van der Waals surface area contributed by atoms with Crippen LogP contribution in [0.2, 0.25) is 0 Å². The third-order valence-corrected chi connectivity index (χ3v) is 3.23. The van der Waals surface area contributed by atoms with Crippen LogP contribution in [0, 0.1) is 5.92 Å². The number of hydrogen-bond acceptors (Lipinski definition) is 1. The van der Waals surface area contributed by atoms with Gasteiger partial charge in [-0.25, -0.2) is 0 Å². The molecule has 0 unspecified atom stereocenters. The Morgan fingerprint density at radius 2 is 2.10 bits per heavy atom. The third-order valence-electron chi connectivity index (χ3n) is 3.23. The molecular weight excluding hydrogens is 122 g/mol. The first kappa shape index (κ1) is 8.06. The Balaban J connectivity index is 2.64. The van der Waals surface area contributed by atoms with Crippen LogP contribution < -0.4 is 0 Å². The molecule has 1 aliphatic rings. The highest BCUT2D eigenvalue weighted by atomic mass is 15.2. The van der Waals surface area contributed by atoms with Crippen molar-refractivity contribution in [1.82, 2.24) is 4.90 Å². The van der Waals surface area contributed by atoms with Gasteiger partial charge < -0.3 is 0 Å². The minimum absolute atomic E-state index is 0.453. The molecule has 1 fully saturated rings. The van der Waals surface area contributed by atoms with E-state index in [0.717, 1.165) is 5.92 Å². The molecule has 1 aliphatic heterocycles. The molecule has 0 aromatic heterocycles. The van der Waals surface area contributed by atoms with Crippen molar-refractivity contribution in [1.29, 1.82) is 0 Å². The van der Waals surface area contributed by atoms with Gasteiger partial charge in [-0.05, 0) is 39.3 Å². The number of likely N-dealkylation sites (tertiary alicyclic amines) is 1. The van der Waals surface area contributed by atoms with E-state index in [-0.39, 0.29) is 0 Å². The van der Waals surface area contributed by atoms with Crippen LogP contribution in [0.25, 0.3) is 0 Å². The fourth-order valence-electron chi connectivity index (χ4n) is 1.87. The van der Waals surface area contributed by atoms with Gasteiger partial charge in [-0.2, -0.15) is 0 Å². The van der Waals surface area contributed by atoms with Crippen LogP contribution in [0.15, 0.2) is 0 Å². The summed E-state index contributed by atoms with van der Waals surface area (Å²) in [6.45, 7) is 11.8. The minimum Gasteiger partial charge on any atom is -0.298 e. The monoisotopic (exact) mass is 141 g/mol. The summed E-state index contributed by atoms with van der Waals surface area (Å²) in [7, 11) is 0. The SMILES string of the molecule is CCN1CC[C@@H](C)C1(C)C. The molecule has 0 aliphatic carbocycles. The third kappa shape index (κ3) is 1.07. The maximum Gasteiger partial charge on any atom is 0.0179 e. The lowest BCUT2D eigenvalue weighted by Crippen LogP contribution is -2.41. The highest BCUT2D eigenvalue weighted by molar-refractivity contribution is 4.92. The smallest absolute Gasteiger partial charge is 0.0179 e. The molecule has 0 N–H and O–H groups in total. The first-order valence-corrected chi connectivity index (χ1v) is 4.34. The standard InChI is InChI=1S/C9H19N/c1-5-10-7-6-8(2)9(10,3)4/h8H,5-7H2,1-4H3/t8-/m1/s1. The molecule has 0 radical (unpaired) electrons. The van der Waals surface area contributed by atoms with Crippen molar-refractivity contribution in [3.8, 4) is 0 Å². The zero-order valence-corrected chi connectivity index (χ0v) is 7.65. The van der Waals surface area contributed by atoms with E-state index in [2.05, 4.69) is 32.6 Å². The summed E-state index contributed by atoms with van der Waals surface area (Å²) < 4.78 is 0. The molecule has 0 amide bonds. The molecule has 1 atom stereocenters. The van der Waals surface area contributed by atoms with Gasteiger partial charge in [0, 0.05) is 5.54 Å². The molecular formula is C9H19N. The number of hydrogen-bond donors (Lipinski definition) is 0. The Morgan fingerprint density at radius 1 is 1.50 bits per heavy atom. The summed E-state index contributed by atoms with van der Waals surface area (Å²) >= 11 is 0. The lowest BCUT2D eigenvalue weighted by atomic mass is 9.90. The second-order valence-electron chi connectivity index (χ2n) is 3.92. The van der Waals surface area contributed by atoms with E-state index in [1.54, 1.807) is 0 Å². The summed E-state index contributed by atoms with van der Waals surface area (Å²) in [6, 6.07) is 0. The van der Waals surface area contributed by atoms with Crippen LogP contribution in [0.1, 0.15) is 34.1 Å². The summed E-state index contributed by atoms with van der Waals surface area (Å²) in [5.41, 5.74) is 0.453. The van der Waals surface area contributed by atoms with Gasteiger partial charge in [0.2, 0.25) is 0 Å². The molecule has 0 bridgehead atoms. The Kier molecular flexibility index (Phi) is 2.04. The van der Waals surface area contributed by atoms with Gasteiger partial charge in [-0.3, -0.25) is 4.90 Å². The quantitative estimate of drug-likeness (QED) is 0.540. The number of nitrogens with zero attached hydrogens (tertiary/aromatic N) is 1. The van der Waals surface area contributed by atoms with Crippen LogP contribution in [0.5, 0.6) is 0 Å². The van der Waals surface area contributed by atoms with Gasteiger partial charge in [0.05, 0.1) is 0 Å². The van der Waals surface area contributed by atoms with Gasteiger partial charge in [0.25, 0.3) is 0 Å². The van der Waals surface area contributed by atoms with Crippen molar-refractivity contribution < 1.29 is 0 Å². The van der Waals surface area contributed by atoms with E-state index in [9.17, 15) is 0 Å². The van der Waals surface area contributed by atoms with Crippen LogP contribution in [-0.2, 0) is 0 Å². The molecule has 0 aromatic rings. The van der Waals surface area contributed by atoms with Crippen LogP contribution in [0.4, 0.5) is 0 Å². The van der Waals surface area contributed by atoms with Gasteiger partial charge in [0.15, 0.2) is 0 Å². The molecule has 1 rings (SSSR count). The van der Waals surface area contributed by atoms with Crippen molar-refractivity contribution in [3.05, 3.63) is 0 Å². The van der Waals surface area contributed by atoms with Gasteiger partial charge >= 0.3 is 0 Å². The summed E-state index contributed by atoms with van der Waals surface area (Å²) in [5, 5.41) is 0. The first-order chi connectivity index (χ1) is 4.59. The molecule has 10 heavy (non-hydrogen) atoms. The van der Waals surface area contributed by atoms with E-state index in [1.807, 2.05) is 0 Å². The second kappa shape index (κ2) is 2.54. The predicted molar refractivity (Wildman–Crippen MR) is 45.1 cm³/mol. The lowest BCUT2D eigenvalue weighted by Gasteiger charge is -2.33. The van der Waals surface area contributed by atoms with Gasteiger partial charge in [-0.15, -0.1) is 0 Å². The number of rotatable bonds is 1. The average molecular weight is 141 g/mol. The molecule has 0 saturated carbocycles. The molecule has 1 heteroatoms. The maximum absolute atomic E-state index is 2.57. The Hall–Kier alpha value is -0.0400. The van der Waals surface area contributed by atoms with Crippen molar-refractivity contribution in [2.75, 3.05) is 13.1 Å². The van der Waals surface area contributed by atoms with Crippen LogP contribution >= 0.6 is 0 Å². The normalized spacial score (nSPS) is 33.0. The molecule has 1 heterocycles. The van der Waals surface area contributed by atoms with E-state index >= 15 is 0 Å². The largest absolute Gasteiger partial charge is 0.298 e. The molecule has 1 nitrogen and oxygen atoms in total. The van der Waals surface area contributed by atoms with Crippen molar-refractivity contribution in [2.24, 2.45) is 5.92 Å². The van der Waals surface area contributed by atoms with E-state index in [1.165, 1.54) is 19.5 Å². The predicted octanol–water partition coefficient (Wildman–Crippen LogP) is 2.13. The summed E-state index contributed by atoms with van der Waals surface area (Å²) in [5.74, 6) is 0.868. The fourth-order valence-corrected chi connectivity index (χ4v) is 1.87. The fraction of sp³-hybridized carbons (Fsp3) is 1.00. The van der Waals surface area contributed by atoms with Crippen molar-refractivity contribution in [3.63, 3.8) is 0 Å². The van der Waals surface area contributed by atoms with Crippen LogP contribution in [-0.4, -0.2) is 23.5 Å². The lowest BCUT2D eigenvalue weighted by molar-refractivity contribution is 0.153. The maximum atomic E-state index is 2.57. The average Bonchev–Trinajstić information content (AvgIpc) is 2.10. The zero-order valence-electron chi connectivity index (χ0n) is 7.65. The topological polar surface area (TPSA) is 3.24 Å².